The Morgan fingerprint density at radius 1 is 1.21 bits per heavy atom. The SMILES string of the molecule is O=C(O)c1ccc([C@@H]2Nc3ccc(Br)cc3[C@@H]3OCCC[C@H]23)cc1. The van der Waals surface area contributed by atoms with E-state index in [1.807, 2.05) is 18.2 Å². The molecule has 5 heteroatoms. The van der Waals surface area contributed by atoms with Gasteiger partial charge in [0.15, 0.2) is 0 Å². The molecule has 2 aliphatic heterocycles. The summed E-state index contributed by atoms with van der Waals surface area (Å²) in [7, 11) is 0. The Kier molecular flexibility index (Phi) is 4.06. The van der Waals surface area contributed by atoms with Gasteiger partial charge >= 0.3 is 5.97 Å². The fraction of sp³-hybridized carbons (Fsp3) is 0.316. The van der Waals surface area contributed by atoms with Crippen molar-refractivity contribution in [2.75, 3.05) is 11.9 Å². The highest BCUT2D eigenvalue weighted by molar-refractivity contribution is 9.10. The molecule has 0 saturated carbocycles. The third kappa shape index (κ3) is 2.72. The number of ether oxygens (including phenoxy) is 1. The summed E-state index contributed by atoms with van der Waals surface area (Å²) in [6.45, 7) is 0.789. The molecule has 124 valence electrons. The van der Waals surface area contributed by atoms with Crippen molar-refractivity contribution in [2.24, 2.45) is 5.92 Å². The molecule has 2 N–H and O–H groups in total. The number of aromatic carboxylic acids is 1. The molecular formula is C19H18BrNO3. The number of carbonyl (C=O) groups is 1. The Morgan fingerprint density at radius 2 is 2.00 bits per heavy atom. The molecule has 24 heavy (non-hydrogen) atoms. The van der Waals surface area contributed by atoms with E-state index in [4.69, 9.17) is 9.84 Å². The average Bonchev–Trinajstić information content (AvgIpc) is 2.61. The summed E-state index contributed by atoms with van der Waals surface area (Å²) < 4.78 is 7.18. The van der Waals surface area contributed by atoms with Crippen LogP contribution in [0, 0.1) is 5.92 Å². The van der Waals surface area contributed by atoms with Crippen molar-refractivity contribution in [3.63, 3.8) is 0 Å². The Labute approximate surface area is 149 Å². The van der Waals surface area contributed by atoms with Crippen molar-refractivity contribution in [3.05, 3.63) is 63.6 Å². The van der Waals surface area contributed by atoms with Crippen LogP contribution in [0.2, 0.25) is 0 Å². The Bertz CT molecular complexity index is 775. The minimum atomic E-state index is -0.896. The summed E-state index contributed by atoms with van der Waals surface area (Å²) in [5.74, 6) is -0.552. The second kappa shape index (κ2) is 6.22. The first-order valence-corrected chi connectivity index (χ1v) is 8.93. The van der Waals surface area contributed by atoms with Crippen LogP contribution in [0.3, 0.4) is 0 Å². The van der Waals surface area contributed by atoms with Crippen LogP contribution in [-0.2, 0) is 4.74 Å². The third-order valence-electron chi connectivity index (χ3n) is 4.94. The van der Waals surface area contributed by atoms with E-state index in [2.05, 4.69) is 33.4 Å². The zero-order chi connectivity index (χ0) is 16.7. The van der Waals surface area contributed by atoms with Crippen LogP contribution in [0.25, 0.3) is 0 Å². The maximum absolute atomic E-state index is 11.1. The van der Waals surface area contributed by atoms with Crippen molar-refractivity contribution in [1.29, 1.82) is 0 Å². The summed E-state index contributed by atoms with van der Waals surface area (Å²) in [6, 6.07) is 13.5. The predicted molar refractivity (Wildman–Crippen MR) is 95.3 cm³/mol. The quantitative estimate of drug-likeness (QED) is 0.777. The molecule has 4 rings (SSSR count). The highest BCUT2D eigenvalue weighted by Crippen LogP contribution is 2.49. The van der Waals surface area contributed by atoms with E-state index in [1.165, 1.54) is 5.56 Å². The smallest absolute Gasteiger partial charge is 0.335 e. The van der Waals surface area contributed by atoms with Gasteiger partial charge in [-0.05, 0) is 48.7 Å². The van der Waals surface area contributed by atoms with E-state index in [9.17, 15) is 4.79 Å². The van der Waals surface area contributed by atoms with Crippen molar-refractivity contribution >= 4 is 27.6 Å². The van der Waals surface area contributed by atoms with E-state index in [-0.39, 0.29) is 12.1 Å². The molecule has 0 aromatic heterocycles. The summed E-state index contributed by atoms with van der Waals surface area (Å²) in [5, 5.41) is 12.7. The molecule has 4 nitrogen and oxygen atoms in total. The molecule has 0 amide bonds. The van der Waals surface area contributed by atoms with Gasteiger partial charge in [0.1, 0.15) is 0 Å². The number of hydrogen-bond donors (Lipinski definition) is 2. The summed E-state index contributed by atoms with van der Waals surface area (Å²) >= 11 is 3.55. The number of hydrogen-bond acceptors (Lipinski definition) is 3. The van der Waals surface area contributed by atoms with Crippen LogP contribution >= 0.6 is 15.9 Å². The van der Waals surface area contributed by atoms with Gasteiger partial charge in [-0.1, -0.05) is 28.1 Å². The lowest BCUT2D eigenvalue weighted by Crippen LogP contribution is -2.36. The molecule has 1 saturated heterocycles. The summed E-state index contributed by atoms with van der Waals surface area (Å²) in [5.41, 5.74) is 3.71. The number of benzene rings is 2. The molecule has 3 atom stereocenters. The van der Waals surface area contributed by atoms with Crippen LogP contribution in [0.4, 0.5) is 5.69 Å². The predicted octanol–water partition coefficient (Wildman–Crippen LogP) is 4.78. The van der Waals surface area contributed by atoms with Gasteiger partial charge in [-0.3, -0.25) is 0 Å². The number of nitrogens with one attached hydrogen (secondary N) is 1. The topological polar surface area (TPSA) is 58.6 Å². The fourth-order valence-electron chi connectivity index (χ4n) is 3.80. The molecule has 2 aromatic rings. The normalized spacial score (nSPS) is 25.3. The highest BCUT2D eigenvalue weighted by atomic mass is 79.9. The number of rotatable bonds is 2. The number of carboxylic acid groups (broad SMARTS) is 1. The molecule has 2 aliphatic rings. The van der Waals surface area contributed by atoms with Crippen molar-refractivity contribution < 1.29 is 14.6 Å². The van der Waals surface area contributed by atoms with E-state index in [0.717, 1.165) is 35.2 Å². The number of fused-ring (bicyclic) bond motifs is 3. The Hall–Kier alpha value is -1.85. The lowest BCUT2D eigenvalue weighted by atomic mass is 9.77. The van der Waals surface area contributed by atoms with Gasteiger partial charge < -0.3 is 15.2 Å². The Morgan fingerprint density at radius 3 is 2.75 bits per heavy atom. The maximum Gasteiger partial charge on any atom is 0.335 e. The molecule has 2 aromatic carbocycles. The molecule has 0 radical (unpaired) electrons. The number of anilines is 1. The molecule has 1 fully saturated rings. The van der Waals surface area contributed by atoms with Gasteiger partial charge in [0.05, 0.1) is 17.7 Å². The molecule has 2 heterocycles. The molecule has 0 bridgehead atoms. The highest BCUT2D eigenvalue weighted by Gasteiger charge is 2.39. The van der Waals surface area contributed by atoms with E-state index in [0.29, 0.717) is 11.5 Å². The largest absolute Gasteiger partial charge is 0.478 e. The van der Waals surface area contributed by atoms with E-state index >= 15 is 0 Å². The van der Waals surface area contributed by atoms with Crippen LogP contribution in [0.5, 0.6) is 0 Å². The minimum Gasteiger partial charge on any atom is -0.478 e. The van der Waals surface area contributed by atoms with Gasteiger partial charge in [-0.15, -0.1) is 0 Å². The maximum atomic E-state index is 11.1. The zero-order valence-corrected chi connectivity index (χ0v) is 14.6. The van der Waals surface area contributed by atoms with Gasteiger partial charge in [-0.25, -0.2) is 4.79 Å². The third-order valence-corrected chi connectivity index (χ3v) is 5.44. The standard InChI is InChI=1S/C19H18BrNO3/c20-13-7-8-16-15(10-13)18-14(2-1-9-24-18)17(21-16)11-3-5-12(6-4-11)19(22)23/h3-8,10,14,17-18,21H,1-2,9H2,(H,22,23)/t14-,17+,18-/m1/s1. The van der Waals surface area contributed by atoms with Crippen molar-refractivity contribution in [3.8, 4) is 0 Å². The van der Waals surface area contributed by atoms with Crippen LogP contribution in [0.15, 0.2) is 46.9 Å². The lowest BCUT2D eigenvalue weighted by Gasteiger charge is -2.43. The van der Waals surface area contributed by atoms with Gasteiger partial charge in [0.2, 0.25) is 0 Å². The fourth-order valence-corrected chi connectivity index (χ4v) is 4.18. The molecular weight excluding hydrogens is 370 g/mol. The van der Waals surface area contributed by atoms with Gasteiger partial charge in [-0.2, -0.15) is 0 Å². The first-order chi connectivity index (χ1) is 11.6. The van der Waals surface area contributed by atoms with Crippen molar-refractivity contribution in [2.45, 2.75) is 25.0 Å². The minimum absolute atomic E-state index is 0.0802. The second-order valence-corrected chi connectivity index (χ2v) is 7.29. The monoisotopic (exact) mass is 387 g/mol. The van der Waals surface area contributed by atoms with E-state index < -0.39 is 5.97 Å². The van der Waals surface area contributed by atoms with Gasteiger partial charge in [0, 0.05) is 28.2 Å². The first kappa shape index (κ1) is 15.7. The summed E-state index contributed by atoms with van der Waals surface area (Å²) in [4.78, 5) is 11.1. The first-order valence-electron chi connectivity index (χ1n) is 8.14. The number of halogens is 1. The molecule has 0 aliphatic carbocycles. The zero-order valence-electron chi connectivity index (χ0n) is 13.0. The molecule has 0 spiro atoms. The lowest BCUT2D eigenvalue weighted by molar-refractivity contribution is -0.0381. The second-order valence-electron chi connectivity index (χ2n) is 6.38. The van der Waals surface area contributed by atoms with Gasteiger partial charge in [0.25, 0.3) is 0 Å². The van der Waals surface area contributed by atoms with Crippen LogP contribution in [-0.4, -0.2) is 17.7 Å². The van der Waals surface area contributed by atoms with Crippen LogP contribution < -0.4 is 5.32 Å². The molecule has 0 unspecified atom stereocenters. The number of carboxylic acids is 1. The van der Waals surface area contributed by atoms with E-state index in [1.54, 1.807) is 12.1 Å². The van der Waals surface area contributed by atoms with Crippen molar-refractivity contribution in [1.82, 2.24) is 0 Å². The average molecular weight is 388 g/mol. The van der Waals surface area contributed by atoms with Crippen LogP contribution in [0.1, 0.15) is 46.5 Å². The Balaban J connectivity index is 1.73. The summed E-state index contributed by atoms with van der Waals surface area (Å²) in [6.07, 6.45) is 2.22.